The van der Waals surface area contributed by atoms with E-state index in [0.717, 1.165) is 37.0 Å². The van der Waals surface area contributed by atoms with Crippen molar-refractivity contribution in [2.45, 2.75) is 160 Å². The molecule has 0 unspecified atom stereocenters. The van der Waals surface area contributed by atoms with Crippen LogP contribution in [-0.4, -0.2) is 17.6 Å². The quantitative estimate of drug-likeness (QED) is 0.208. The van der Waals surface area contributed by atoms with Crippen molar-refractivity contribution in [2.24, 2.45) is 85.8 Å². The lowest BCUT2D eigenvalue weighted by Crippen LogP contribution is -2.66. The minimum absolute atomic E-state index is 0.122. The molecular formula is C44H72N2O3. The second-order valence-electron chi connectivity index (χ2n) is 21.2. The molecule has 0 aromatic rings. The molecule has 5 heteroatoms. The predicted molar refractivity (Wildman–Crippen MR) is 199 cm³/mol. The number of Topliss-reactive ketones (excluding diaryl/α,β-unsaturated/α-hetero) is 1. The monoisotopic (exact) mass is 677 g/mol. The Morgan fingerprint density at radius 2 is 1.47 bits per heavy atom. The standard InChI is InChI=1S/C44H72N2O3/c1-26(2)23-36(48)45-46-38(49)32-24-29(40(32,8)9)25-35(47)44-20-16-30(27(3)4)37(44)31-13-14-34-41(10)18-15-28(5)39(6,7)33(41)17-19-43(34,12)42(31,11)21-22-44/h26,28-34,37H,3,13-25H2,1-2,4-12H3,(H,45,48)(H,46,49)/t28-,29-,30-,31+,32+,33-,34+,37+,41-,42+,43+,44+/m0/s1. The van der Waals surface area contributed by atoms with Crippen LogP contribution in [-0.2, 0) is 14.4 Å². The van der Waals surface area contributed by atoms with Crippen LogP contribution in [0.15, 0.2) is 12.2 Å². The van der Waals surface area contributed by atoms with Crippen molar-refractivity contribution in [1.29, 1.82) is 0 Å². The van der Waals surface area contributed by atoms with Gasteiger partial charge in [-0.2, -0.15) is 0 Å². The van der Waals surface area contributed by atoms with E-state index in [9.17, 15) is 14.4 Å². The van der Waals surface area contributed by atoms with E-state index in [4.69, 9.17) is 0 Å². The number of hydrazine groups is 1. The van der Waals surface area contributed by atoms with Crippen molar-refractivity contribution < 1.29 is 14.4 Å². The number of fused-ring (bicyclic) bond motifs is 7. The van der Waals surface area contributed by atoms with Gasteiger partial charge in [-0.15, -0.1) is 0 Å². The third kappa shape index (κ3) is 5.37. The number of ketones is 1. The summed E-state index contributed by atoms with van der Waals surface area (Å²) in [5, 5.41) is 0. The molecule has 0 saturated heterocycles. The first-order valence-electron chi connectivity index (χ1n) is 20.4. The van der Waals surface area contributed by atoms with Gasteiger partial charge in [0.1, 0.15) is 5.78 Å². The predicted octanol–water partition coefficient (Wildman–Crippen LogP) is 10.1. The Bertz CT molecular complexity index is 1360. The van der Waals surface area contributed by atoms with Crippen LogP contribution in [0, 0.1) is 85.8 Å². The van der Waals surface area contributed by atoms with E-state index < -0.39 is 0 Å². The van der Waals surface area contributed by atoms with Crippen LogP contribution < -0.4 is 10.9 Å². The topological polar surface area (TPSA) is 75.3 Å². The lowest BCUT2D eigenvalue weighted by Gasteiger charge is -2.73. The lowest BCUT2D eigenvalue weighted by molar-refractivity contribution is -0.240. The van der Waals surface area contributed by atoms with Crippen molar-refractivity contribution in [1.82, 2.24) is 10.9 Å². The average molecular weight is 677 g/mol. The van der Waals surface area contributed by atoms with E-state index >= 15 is 0 Å². The Morgan fingerprint density at radius 1 is 0.776 bits per heavy atom. The van der Waals surface area contributed by atoms with Crippen LogP contribution in [0.3, 0.4) is 0 Å². The lowest BCUT2D eigenvalue weighted by atomic mass is 9.31. The smallest absolute Gasteiger partial charge is 0.242 e. The van der Waals surface area contributed by atoms with Crippen molar-refractivity contribution in [3.63, 3.8) is 0 Å². The molecule has 2 amide bonds. The highest BCUT2D eigenvalue weighted by atomic mass is 16.2. The minimum Gasteiger partial charge on any atom is -0.299 e. The molecule has 6 fully saturated rings. The maximum absolute atomic E-state index is 15.0. The van der Waals surface area contributed by atoms with Gasteiger partial charge in [0.2, 0.25) is 11.8 Å². The molecule has 0 aromatic carbocycles. The molecule has 0 spiro atoms. The Morgan fingerprint density at radius 3 is 2.10 bits per heavy atom. The normalized spacial score (nSPS) is 46.3. The van der Waals surface area contributed by atoms with Crippen LogP contribution in [0.2, 0.25) is 0 Å². The molecule has 49 heavy (non-hydrogen) atoms. The Hall–Kier alpha value is -1.65. The first-order chi connectivity index (χ1) is 22.7. The number of allylic oxidation sites excluding steroid dienone is 1. The largest absolute Gasteiger partial charge is 0.299 e. The fourth-order valence-corrected chi connectivity index (χ4v) is 14.7. The van der Waals surface area contributed by atoms with Crippen LogP contribution in [0.5, 0.6) is 0 Å². The van der Waals surface area contributed by atoms with Gasteiger partial charge in [0.25, 0.3) is 0 Å². The van der Waals surface area contributed by atoms with Crippen LogP contribution in [0.4, 0.5) is 0 Å². The summed E-state index contributed by atoms with van der Waals surface area (Å²) in [6.07, 6.45) is 14.0. The first-order valence-corrected chi connectivity index (χ1v) is 20.4. The maximum Gasteiger partial charge on any atom is 0.242 e. The third-order valence-electron chi connectivity index (χ3n) is 18.3. The first kappa shape index (κ1) is 37.1. The van der Waals surface area contributed by atoms with E-state index in [0.29, 0.717) is 59.0 Å². The fourth-order valence-electron chi connectivity index (χ4n) is 14.7. The van der Waals surface area contributed by atoms with Crippen molar-refractivity contribution in [3.8, 4) is 0 Å². The van der Waals surface area contributed by atoms with Gasteiger partial charge in [-0.3, -0.25) is 25.2 Å². The summed E-state index contributed by atoms with van der Waals surface area (Å²) in [5.41, 5.74) is 7.40. The molecule has 6 rings (SSSR count). The van der Waals surface area contributed by atoms with Crippen LogP contribution in [0.1, 0.15) is 160 Å². The zero-order chi connectivity index (χ0) is 36.1. The van der Waals surface area contributed by atoms with Gasteiger partial charge < -0.3 is 0 Å². The Labute approximate surface area is 299 Å². The van der Waals surface area contributed by atoms with Crippen molar-refractivity contribution in [2.75, 3.05) is 0 Å². The van der Waals surface area contributed by atoms with Gasteiger partial charge in [-0.05, 0) is 152 Å². The number of carbonyl (C=O) groups is 3. The Kier molecular flexibility index (Phi) is 9.25. The molecule has 0 aliphatic heterocycles. The molecule has 6 aliphatic rings. The zero-order valence-electron chi connectivity index (χ0n) is 33.3. The van der Waals surface area contributed by atoms with E-state index in [2.05, 4.69) is 79.7 Å². The molecule has 2 N–H and O–H groups in total. The van der Waals surface area contributed by atoms with Gasteiger partial charge in [0.15, 0.2) is 0 Å². The van der Waals surface area contributed by atoms with E-state index in [1.54, 1.807) is 0 Å². The average Bonchev–Trinajstić information content (AvgIpc) is 3.41. The number of amides is 2. The highest BCUT2D eigenvalue weighted by Gasteiger charge is 2.71. The highest BCUT2D eigenvalue weighted by molar-refractivity contribution is 5.88. The number of rotatable bonds is 7. The molecule has 276 valence electrons. The third-order valence-corrected chi connectivity index (χ3v) is 18.3. The van der Waals surface area contributed by atoms with E-state index in [1.807, 2.05) is 13.8 Å². The second kappa shape index (κ2) is 12.2. The molecule has 6 aliphatic carbocycles. The summed E-state index contributed by atoms with van der Waals surface area (Å²) in [4.78, 5) is 40.3. The van der Waals surface area contributed by atoms with Gasteiger partial charge in [-0.1, -0.05) is 81.4 Å². The van der Waals surface area contributed by atoms with Gasteiger partial charge in [0.05, 0.1) is 0 Å². The van der Waals surface area contributed by atoms with Crippen LogP contribution in [0.25, 0.3) is 0 Å². The Balaban J connectivity index is 1.22. The minimum atomic E-state index is -0.283. The van der Waals surface area contributed by atoms with Gasteiger partial charge in [0, 0.05) is 24.2 Å². The molecule has 6 saturated carbocycles. The molecule has 5 nitrogen and oxygen atoms in total. The zero-order valence-corrected chi connectivity index (χ0v) is 33.3. The number of nitrogens with one attached hydrogen (secondary N) is 2. The van der Waals surface area contributed by atoms with E-state index in [1.165, 1.54) is 50.5 Å². The highest BCUT2D eigenvalue weighted by Crippen LogP contribution is 2.78. The summed E-state index contributed by atoms with van der Waals surface area (Å²) in [7, 11) is 0. The fraction of sp³-hybridized carbons (Fsp3) is 0.886. The van der Waals surface area contributed by atoms with Gasteiger partial charge >= 0.3 is 0 Å². The van der Waals surface area contributed by atoms with Gasteiger partial charge in [-0.25, -0.2) is 0 Å². The summed E-state index contributed by atoms with van der Waals surface area (Å²) in [5.74, 6) is 4.16. The summed E-state index contributed by atoms with van der Waals surface area (Å²) in [6.45, 7) is 30.9. The maximum atomic E-state index is 15.0. The van der Waals surface area contributed by atoms with Crippen molar-refractivity contribution >= 4 is 17.6 Å². The molecular weight excluding hydrogens is 604 g/mol. The van der Waals surface area contributed by atoms with E-state index in [-0.39, 0.29) is 45.8 Å². The summed E-state index contributed by atoms with van der Waals surface area (Å²) in [6, 6.07) is 0. The molecule has 0 bridgehead atoms. The second-order valence-corrected chi connectivity index (χ2v) is 21.2. The SMILES string of the molecule is C=C(C)[C@@H]1CC[C@]2(C(=O)C[C@@H]3C[C@H](C(=O)NNC(=O)CC(C)C)C3(C)C)CC[C@]3(C)[C@H](CC[C@@H]4[C@@]5(C)CC[C@H](C)C(C)(C)[C@@H]5CC[C@]43C)[C@@H]12. The molecule has 0 heterocycles. The molecule has 12 atom stereocenters. The summed E-state index contributed by atoms with van der Waals surface area (Å²) >= 11 is 0. The molecule has 0 aromatic heterocycles. The number of hydrogen-bond donors (Lipinski definition) is 2. The van der Waals surface area contributed by atoms with Crippen LogP contribution >= 0.6 is 0 Å². The number of hydrogen-bond acceptors (Lipinski definition) is 3. The molecule has 0 radical (unpaired) electrons. The number of carbonyl (C=O) groups excluding carboxylic acids is 3. The summed E-state index contributed by atoms with van der Waals surface area (Å²) < 4.78 is 0. The van der Waals surface area contributed by atoms with Crippen molar-refractivity contribution in [3.05, 3.63) is 12.2 Å².